The standard InChI is InChI=1S/C17H20N4O2S/c1-12-19-20-17(24-12)18-15(22)16(23)21-9-7-14(8-10-21)11-13-5-3-2-4-6-13/h2-6,14H,7-11H2,1H3,(H,18,20,22). The van der Waals surface area contributed by atoms with Crippen molar-refractivity contribution in [3.05, 3.63) is 40.9 Å². The summed E-state index contributed by atoms with van der Waals surface area (Å²) < 4.78 is 0. The van der Waals surface area contributed by atoms with Crippen LogP contribution >= 0.6 is 11.3 Å². The molecule has 7 heteroatoms. The maximum Gasteiger partial charge on any atom is 0.315 e. The van der Waals surface area contributed by atoms with Crippen molar-refractivity contribution in [1.82, 2.24) is 15.1 Å². The van der Waals surface area contributed by atoms with Crippen LogP contribution in [0.1, 0.15) is 23.4 Å². The molecule has 0 spiro atoms. The molecule has 0 radical (unpaired) electrons. The van der Waals surface area contributed by atoms with Crippen molar-refractivity contribution in [2.45, 2.75) is 26.2 Å². The first-order chi connectivity index (χ1) is 11.6. The number of nitrogens with zero attached hydrogens (tertiary/aromatic N) is 3. The Bertz CT molecular complexity index is 708. The Morgan fingerprint density at radius 3 is 2.54 bits per heavy atom. The second-order valence-electron chi connectivity index (χ2n) is 6.01. The Labute approximate surface area is 144 Å². The van der Waals surface area contributed by atoms with Crippen molar-refractivity contribution < 1.29 is 9.59 Å². The van der Waals surface area contributed by atoms with Crippen LogP contribution in [0.5, 0.6) is 0 Å². The van der Waals surface area contributed by atoms with Gasteiger partial charge in [-0.05, 0) is 37.7 Å². The SMILES string of the molecule is Cc1nnc(NC(=O)C(=O)N2CCC(Cc3ccccc3)CC2)s1. The number of hydrogen-bond donors (Lipinski definition) is 1. The van der Waals surface area contributed by atoms with Crippen LogP contribution in [-0.4, -0.2) is 40.0 Å². The molecule has 0 bridgehead atoms. The smallest absolute Gasteiger partial charge is 0.315 e. The maximum atomic E-state index is 12.2. The van der Waals surface area contributed by atoms with Gasteiger partial charge in [0.05, 0.1) is 0 Å². The summed E-state index contributed by atoms with van der Waals surface area (Å²) in [6.45, 7) is 3.05. The van der Waals surface area contributed by atoms with Gasteiger partial charge in [0.1, 0.15) is 5.01 Å². The van der Waals surface area contributed by atoms with Crippen molar-refractivity contribution in [3.63, 3.8) is 0 Å². The van der Waals surface area contributed by atoms with E-state index in [2.05, 4.69) is 27.6 Å². The van der Waals surface area contributed by atoms with E-state index >= 15 is 0 Å². The fraction of sp³-hybridized carbons (Fsp3) is 0.412. The maximum absolute atomic E-state index is 12.2. The van der Waals surface area contributed by atoms with E-state index in [0.29, 0.717) is 24.1 Å². The van der Waals surface area contributed by atoms with Crippen LogP contribution in [-0.2, 0) is 16.0 Å². The average molecular weight is 344 g/mol. The molecule has 1 aromatic carbocycles. The Morgan fingerprint density at radius 1 is 1.21 bits per heavy atom. The summed E-state index contributed by atoms with van der Waals surface area (Å²) >= 11 is 1.26. The lowest BCUT2D eigenvalue weighted by molar-refractivity contribution is -0.144. The van der Waals surface area contributed by atoms with Gasteiger partial charge in [-0.15, -0.1) is 10.2 Å². The van der Waals surface area contributed by atoms with Crippen molar-refractivity contribution >= 4 is 28.3 Å². The van der Waals surface area contributed by atoms with Crippen LogP contribution in [0.4, 0.5) is 5.13 Å². The number of piperidine rings is 1. The zero-order valence-corrected chi connectivity index (χ0v) is 14.4. The van der Waals surface area contributed by atoms with Crippen LogP contribution < -0.4 is 5.32 Å². The molecule has 1 fully saturated rings. The van der Waals surface area contributed by atoms with Gasteiger partial charge >= 0.3 is 11.8 Å². The predicted molar refractivity (Wildman–Crippen MR) is 92.7 cm³/mol. The highest BCUT2D eigenvalue weighted by Gasteiger charge is 2.27. The van der Waals surface area contributed by atoms with E-state index in [1.54, 1.807) is 11.8 Å². The molecular weight excluding hydrogens is 324 g/mol. The van der Waals surface area contributed by atoms with Crippen LogP contribution in [0, 0.1) is 12.8 Å². The van der Waals surface area contributed by atoms with Crippen LogP contribution in [0.25, 0.3) is 0 Å². The molecule has 1 saturated heterocycles. The van der Waals surface area contributed by atoms with Crippen molar-refractivity contribution in [2.24, 2.45) is 5.92 Å². The number of amides is 2. The summed E-state index contributed by atoms with van der Waals surface area (Å²) in [6, 6.07) is 10.4. The summed E-state index contributed by atoms with van der Waals surface area (Å²) in [5.74, 6) is -0.556. The largest absolute Gasteiger partial charge is 0.334 e. The fourth-order valence-electron chi connectivity index (χ4n) is 2.93. The lowest BCUT2D eigenvalue weighted by Crippen LogP contribution is -2.44. The summed E-state index contributed by atoms with van der Waals surface area (Å²) in [5.41, 5.74) is 1.33. The topological polar surface area (TPSA) is 75.2 Å². The quantitative estimate of drug-likeness (QED) is 0.867. The molecule has 2 heterocycles. The highest BCUT2D eigenvalue weighted by Crippen LogP contribution is 2.22. The number of anilines is 1. The molecule has 0 aliphatic carbocycles. The Hall–Kier alpha value is -2.28. The fourth-order valence-corrected chi connectivity index (χ4v) is 3.52. The molecule has 0 atom stereocenters. The first-order valence-electron chi connectivity index (χ1n) is 8.06. The van der Waals surface area contributed by atoms with E-state index in [-0.39, 0.29) is 0 Å². The van der Waals surface area contributed by atoms with Gasteiger partial charge in [-0.1, -0.05) is 41.7 Å². The van der Waals surface area contributed by atoms with Crippen molar-refractivity contribution in [2.75, 3.05) is 18.4 Å². The number of benzene rings is 1. The van der Waals surface area contributed by atoms with Crippen molar-refractivity contribution in [3.8, 4) is 0 Å². The molecule has 126 valence electrons. The second kappa shape index (κ2) is 7.53. The molecule has 6 nitrogen and oxygen atoms in total. The van der Waals surface area contributed by atoms with Gasteiger partial charge in [0.2, 0.25) is 5.13 Å². The highest BCUT2D eigenvalue weighted by atomic mass is 32.1. The van der Waals surface area contributed by atoms with Gasteiger partial charge in [0.25, 0.3) is 0 Å². The van der Waals surface area contributed by atoms with Gasteiger partial charge < -0.3 is 4.90 Å². The van der Waals surface area contributed by atoms with Gasteiger partial charge in [-0.3, -0.25) is 14.9 Å². The molecule has 0 saturated carbocycles. The third-order valence-corrected chi connectivity index (χ3v) is 4.96. The monoisotopic (exact) mass is 344 g/mol. The number of nitrogens with one attached hydrogen (secondary N) is 1. The Morgan fingerprint density at radius 2 is 1.92 bits per heavy atom. The van der Waals surface area contributed by atoms with E-state index in [1.807, 2.05) is 18.2 Å². The number of likely N-dealkylation sites (tertiary alicyclic amines) is 1. The molecule has 2 amide bonds. The van der Waals surface area contributed by atoms with Gasteiger partial charge in [-0.2, -0.15) is 0 Å². The van der Waals surface area contributed by atoms with Crippen LogP contribution in [0.15, 0.2) is 30.3 Å². The Kier molecular flexibility index (Phi) is 5.20. The van der Waals surface area contributed by atoms with Crippen LogP contribution in [0.3, 0.4) is 0 Å². The van der Waals surface area contributed by atoms with Gasteiger partial charge in [0, 0.05) is 13.1 Å². The second-order valence-corrected chi connectivity index (χ2v) is 7.19. The molecular formula is C17H20N4O2S. The summed E-state index contributed by atoms with van der Waals surface area (Å²) in [4.78, 5) is 25.9. The zero-order valence-electron chi connectivity index (χ0n) is 13.6. The molecule has 1 aliphatic rings. The molecule has 24 heavy (non-hydrogen) atoms. The first kappa shape index (κ1) is 16.6. The number of aryl methyl sites for hydroxylation is 1. The predicted octanol–water partition coefficient (Wildman–Crippen LogP) is 2.27. The minimum atomic E-state index is -0.632. The number of hydrogen-bond acceptors (Lipinski definition) is 5. The Balaban J connectivity index is 1.48. The summed E-state index contributed by atoms with van der Waals surface area (Å²) in [5, 5.41) is 11.3. The van der Waals surface area contributed by atoms with Gasteiger partial charge in [-0.25, -0.2) is 0 Å². The molecule has 2 aromatic rings. The normalized spacial score (nSPS) is 15.3. The third-order valence-electron chi connectivity index (χ3n) is 4.21. The first-order valence-corrected chi connectivity index (χ1v) is 8.88. The molecule has 1 N–H and O–H groups in total. The van der Waals surface area contributed by atoms with Crippen molar-refractivity contribution in [1.29, 1.82) is 0 Å². The van der Waals surface area contributed by atoms with E-state index in [0.717, 1.165) is 24.3 Å². The molecule has 1 aliphatic heterocycles. The van der Waals surface area contributed by atoms with E-state index < -0.39 is 11.8 Å². The van der Waals surface area contributed by atoms with E-state index in [4.69, 9.17) is 0 Å². The third kappa shape index (κ3) is 4.17. The summed E-state index contributed by atoms with van der Waals surface area (Å²) in [7, 11) is 0. The average Bonchev–Trinajstić information content (AvgIpc) is 3.00. The minimum Gasteiger partial charge on any atom is -0.334 e. The minimum absolute atomic E-state index is 0.366. The molecule has 0 unspecified atom stereocenters. The molecule has 1 aromatic heterocycles. The van der Waals surface area contributed by atoms with Crippen LogP contribution in [0.2, 0.25) is 0 Å². The summed E-state index contributed by atoms with van der Waals surface area (Å²) in [6.07, 6.45) is 2.87. The van der Waals surface area contributed by atoms with E-state index in [9.17, 15) is 9.59 Å². The lowest BCUT2D eigenvalue weighted by atomic mass is 9.90. The van der Waals surface area contributed by atoms with E-state index in [1.165, 1.54) is 16.9 Å². The molecule has 3 rings (SSSR count). The van der Waals surface area contributed by atoms with Gasteiger partial charge in [0.15, 0.2) is 0 Å². The zero-order chi connectivity index (χ0) is 16.9. The highest BCUT2D eigenvalue weighted by molar-refractivity contribution is 7.15. The number of rotatable bonds is 3. The number of aromatic nitrogens is 2. The number of carbonyl (C=O) groups is 2. The number of carbonyl (C=O) groups excluding carboxylic acids is 2. The lowest BCUT2D eigenvalue weighted by Gasteiger charge is -2.31.